The van der Waals surface area contributed by atoms with E-state index in [-0.39, 0.29) is 16.0 Å². The minimum absolute atomic E-state index is 0.171. The van der Waals surface area contributed by atoms with Crippen LogP contribution in [0.5, 0.6) is 0 Å². The molecule has 0 saturated carbocycles. The third kappa shape index (κ3) is 2.68. The molecule has 4 nitrogen and oxygen atoms in total. The van der Waals surface area contributed by atoms with Crippen molar-refractivity contribution >= 4 is 33.2 Å². The molecule has 2 heterocycles. The molecule has 116 valence electrons. The average Bonchev–Trinajstić information content (AvgIpc) is 2.89. The van der Waals surface area contributed by atoms with Crippen LogP contribution >= 0.6 is 23.2 Å². The molecule has 2 atom stereocenters. The van der Waals surface area contributed by atoms with Crippen molar-refractivity contribution < 1.29 is 12.8 Å². The van der Waals surface area contributed by atoms with Crippen molar-refractivity contribution in [3.63, 3.8) is 0 Å². The maximum absolute atomic E-state index is 13.7. The molecule has 1 aromatic carbocycles. The molecule has 0 amide bonds. The summed E-state index contributed by atoms with van der Waals surface area (Å²) in [6, 6.07) is 2.65. The number of nitrogens with one attached hydrogen (secondary N) is 1. The fourth-order valence-corrected chi connectivity index (χ4v) is 5.29. The van der Waals surface area contributed by atoms with E-state index in [2.05, 4.69) is 5.32 Å². The topological polar surface area (TPSA) is 49.4 Å². The third-order valence-corrected chi connectivity index (χ3v) is 6.83. The predicted molar refractivity (Wildman–Crippen MR) is 79.7 cm³/mol. The molecule has 2 aliphatic rings. The van der Waals surface area contributed by atoms with Gasteiger partial charge in [0.25, 0.3) is 0 Å². The normalized spacial score (nSPS) is 26.8. The lowest BCUT2D eigenvalue weighted by Gasteiger charge is -2.24. The summed E-state index contributed by atoms with van der Waals surface area (Å²) in [5, 5.41) is 2.71. The Labute approximate surface area is 133 Å². The zero-order valence-corrected chi connectivity index (χ0v) is 13.5. The van der Waals surface area contributed by atoms with E-state index >= 15 is 0 Å². The summed E-state index contributed by atoms with van der Waals surface area (Å²) >= 11 is 11.5. The van der Waals surface area contributed by atoms with Gasteiger partial charge in [0.05, 0.1) is 10.0 Å². The summed E-state index contributed by atoms with van der Waals surface area (Å²) in [5.41, 5.74) is 0. The highest BCUT2D eigenvalue weighted by Crippen LogP contribution is 2.34. The van der Waals surface area contributed by atoms with Gasteiger partial charge in [0.2, 0.25) is 10.0 Å². The Morgan fingerprint density at radius 3 is 2.76 bits per heavy atom. The van der Waals surface area contributed by atoms with Gasteiger partial charge < -0.3 is 5.32 Å². The minimum Gasteiger partial charge on any atom is -0.312 e. The number of halogens is 3. The van der Waals surface area contributed by atoms with Gasteiger partial charge in [0.1, 0.15) is 4.90 Å². The zero-order valence-electron chi connectivity index (χ0n) is 11.2. The van der Waals surface area contributed by atoms with Gasteiger partial charge in [-0.3, -0.25) is 0 Å². The van der Waals surface area contributed by atoms with Gasteiger partial charge in [-0.25, -0.2) is 12.8 Å². The standard InChI is InChI=1S/C13H15Cl2FN2O2S/c14-9-3-4-11(12(15)13(9)16)21(19,20)18-6-8-2-1-5-17-10(8)7-18/h3-4,8,10,17H,1-2,5-7H2/t8-,10+/m0/s1. The number of rotatable bonds is 2. The summed E-state index contributed by atoms with van der Waals surface area (Å²) in [5.74, 6) is -0.585. The van der Waals surface area contributed by atoms with Gasteiger partial charge in [0.15, 0.2) is 5.82 Å². The summed E-state index contributed by atoms with van der Waals surface area (Å²) in [4.78, 5) is -0.218. The van der Waals surface area contributed by atoms with E-state index in [1.54, 1.807) is 0 Å². The maximum Gasteiger partial charge on any atom is 0.244 e. The van der Waals surface area contributed by atoms with Crippen LogP contribution in [0.25, 0.3) is 0 Å². The Morgan fingerprint density at radius 1 is 1.29 bits per heavy atom. The molecule has 0 spiro atoms. The molecule has 2 saturated heterocycles. The van der Waals surface area contributed by atoms with Gasteiger partial charge in [-0.2, -0.15) is 4.31 Å². The van der Waals surface area contributed by atoms with Crippen LogP contribution in [0.2, 0.25) is 10.0 Å². The Kier molecular flexibility index (Phi) is 4.18. The Balaban J connectivity index is 1.93. The van der Waals surface area contributed by atoms with Crippen LogP contribution in [0.3, 0.4) is 0 Å². The Bertz CT molecular complexity index is 654. The van der Waals surface area contributed by atoms with Crippen LogP contribution in [-0.2, 0) is 10.0 Å². The highest BCUT2D eigenvalue weighted by atomic mass is 35.5. The molecule has 0 aliphatic carbocycles. The lowest BCUT2D eigenvalue weighted by atomic mass is 9.94. The van der Waals surface area contributed by atoms with Crippen LogP contribution in [0.4, 0.5) is 4.39 Å². The van der Waals surface area contributed by atoms with Crippen LogP contribution in [0.15, 0.2) is 17.0 Å². The number of hydrogen-bond acceptors (Lipinski definition) is 3. The number of benzene rings is 1. The molecular formula is C13H15Cl2FN2O2S. The van der Waals surface area contributed by atoms with Gasteiger partial charge in [0, 0.05) is 19.1 Å². The number of fused-ring (bicyclic) bond motifs is 1. The lowest BCUT2D eigenvalue weighted by Crippen LogP contribution is -2.41. The summed E-state index contributed by atoms with van der Waals surface area (Å²) in [6.07, 6.45) is 2.05. The van der Waals surface area contributed by atoms with Crippen LogP contribution < -0.4 is 5.32 Å². The highest BCUT2D eigenvalue weighted by molar-refractivity contribution is 7.89. The summed E-state index contributed by atoms with van der Waals surface area (Å²) in [7, 11) is -3.80. The summed E-state index contributed by atoms with van der Waals surface area (Å²) in [6.45, 7) is 1.75. The molecule has 0 aromatic heterocycles. The fourth-order valence-electron chi connectivity index (χ4n) is 3.05. The van der Waals surface area contributed by atoms with Crippen molar-refractivity contribution in [2.24, 2.45) is 5.92 Å². The first-order chi connectivity index (χ1) is 9.91. The first kappa shape index (κ1) is 15.5. The van der Waals surface area contributed by atoms with Crippen molar-refractivity contribution in [1.29, 1.82) is 0 Å². The van der Waals surface area contributed by atoms with E-state index in [1.165, 1.54) is 16.4 Å². The molecule has 8 heteroatoms. The SMILES string of the molecule is O=S(=O)(c1ccc(Cl)c(F)c1Cl)N1C[C@@H]2CCCN[C@@H]2C1. The molecule has 1 aromatic rings. The average molecular weight is 353 g/mol. The third-order valence-electron chi connectivity index (χ3n) is 4.18. The van der Waals surface area contributed by atoms with Crippen molar-refractivity contribution in [2.45, 2.75) is 23.8 Å². The molecule has 21 heavy (non-hydrogen) atoms. The first-order valence-electron chi connectivity index (χ1n) is 6.78. The molecule has 0 unspecified atom stereocenters. The van der Waals surface area contributed by atoms with E-state index in [9.17, 15) is 12.8 Å². The van der Waals surface area contributed by atoms with Crippen LogP contribution in [0, 0.1) is 11.7 Å². The van der Waals surface area contributed by atoms with E-state index in [1.807, 2.05) is 0 Å². The highest BCUT2D eigenvalue weighted by Gasteiger charge is 2.41. The van der Waals surface area contributed by atoms with Gasteiger partial charge in [-0.1, -0.05) is 23.2 Å². The molecular weight excluding hydrogens is 338 g/mol. The second-order valence-electron chi connectivity index (χ2n) is 5.46. The number of sulfonamides is 1. The van der Waals surface area contributed by atoms with Gasteiger partial charge >= 0.3 is 0 Å². The monoisotopic (exact) mass is 352 g/mol. The molecule has 0 radical (unpaired) electrons. The summed E-state index contributed by atoms with van der Waals surface area (Å²) < 4.78 is 40.5. The zero-order chi connectivity index (χ0) is 15.2. The fraction of sp³-hybridized carbons (Fsp3) is 0.538. The van der Waals surface area contributed by atoms with Crippen molar-refractivity contribution in [3.8, 4) is 0 Å². The van der Waals surface area contributed by atoms with Crippen molar-refractivity contribution in [1.82, 2.24) is 9.62 Å². The second-order valence-corrected chi connectivity index (χ2v) is 8.15. The van der Waals surface area contributed by atoms with Crippen LogP contribution in [-0.4, -0.2) is 38.4 Å². The maximum atomic E-state index is 13.7. The van der Waals surface area contributed by atoms with Gasteiger partial charge in [-0.15, -0.1) is 0 Å². The lowest BCUT2D eigenvalue weighted by molar-refractivity contribution is 0.339. The molecule has 3 rings (SSSR count). The van der Waals surface area contributed by atoms with E-state index in [4.69, 9.17) is 23.2 Å². The molecule has 2 fully saturated rings. The smallest absolute Gasteiger partial charge is 0.244 e. The quantitative estimate of drug-likeness (QED) is 0.832. The van der Waals surface area contributed by atoms with Crippen molar-refractivity contribution in [2.75, 3.05) is 19.6 Å². The Morgan fingerprint density at radius 2 is 2.05 bits per heavy atom. The van der Waals surface area contributed by atoms with E-state index < -0.39 is 20.9 Å². The minimum atomic E-state index is -3.80. The van der Waals surface area contributed by atoms with Crippen LogP contribution in [0.1, 0.15) is 12.8 Å². The van der Waals surface area contributed by atoms with Crippen molar-refractivity contribution in [3.05, 3.63) is 28.0 Å². The molecule has 0 bridgehead atoms. The molecule has 1 N–H and O–H groups in total. The number of nitrogens with zero attached hydrogens (tertiary/aromatic N) is 1. The van der Waals surface area contributed by atoms with Gasteiger partial charge in [-0.05, 0) is 37.4 Å². The second kappa shape index (κ2) is 5.66. The molecule has 2 aliphatic heterocycles. The first-order valence-corrected chi connectivity index (χ1v) is 8.98. The largest absolute Gasteiger partial charge is 0.312 e. The number of piperidine rings is 1. The predicted octanol–water partition coefficient (Wildman–Crippen LogP) is 2.51. The van der Waals surface area contributed by atoms with E-state index in [0.717, 1.165) is 19.4 Å². The van der Waals surface area contributed by atoms with E-state index in [0.29, 0.717) is 19.0 Å². The Hall–Kier alpha value is -0.400. The number of hydrogen-bond donors (Lipinski definition) is 1.